The SMILES string of the molecule is CN=C(NCCc1cn2c(n1)CCCC2)N1CCC(C(=O)OC)CC1. The van der Waals surface area contributed by atoms with Crippen LogP contribution in [0.4, 0.5) is 0 Å². The Morgan fingerprint density at radius 1 is 1.36 bits per heavy atom. The molecule has 0 saturated carbocycles. The summed E-state index contributed by atoms with van der Waals surface area (Å²) < 4.78 is 7.14. The van der Waals surface area contributed by atoms with Gasteiger partial charge in [0.2, 0.25) is 0 Å². The van der Waals surface area contributed by atoms with Gasteiger partial charge in [-0.15, -0.1) is 0 Å². The van der Waals surface area contributed by atoms with Crippen LogP contribution in [0.3, 0.4) is 0 Å². The van der Waals surface area contributed by atoms with Crippen LogP contribution in [-0.4, -0.2) is 60.2 Å². The van der Waals surface area contributed by atoms with Crippen LogP contribution in [0.1, 0.15) is 37.2 Å². The minimum absolute atomic E-state index is 0.0243. The lowest BCUT2D eigenvalue weighted by Gasteiger charge is -2.33. The van der Waals surface area contributed by atoms with E-state index >= 15 is 0 Å². The van der Waals surface area contributed by atoms with E-state index in [1.807, 2.05) is 7.05 Å². The van der Waals surface area contributed by atoms with Crippen LogP contribution in [0.25, 0.3) is 0 Å². The van der Waals surface area contributed by atoms with Gasteiger partial charge in [0.1, 0.15) is 5.82 Å². The van der Waals surface area contributed by atoms with Crippen LogP contribution in [0.15, 0.2) is 11.2 Å². The summed E-state index contributed by atoms with van der Waals surface area (Å²) in [5.41, 5.74) is 1.16. The molecule has 7 nitrogen and oxygen atoms in total. The van der Waals surface area contributed by atoms with E-state index in [-0.39, 0.29) is 11.9 Å². The predicted molar refractivity (Wildman–Crippen MR) is 96.5 cm³/mol. The molecule has 0 bridgehead atoms. The Kier molecular flexibility index (Phi) is 5.94. The second-order valence-corrected chi connectivity index (χ2v) is 6.81. The smallest absolute Gasteiger partial charge is 0.308 e. The van der Waals surface area contributed by atoms with E-state index < -0.39 is 0 Å². The van der Waals surface area contributed by atoms with Crippen molar-refractivity contribution in [2.75, 3.05) is 33.8 Å². The standard InChI is InChI=1S/C18H29N5O2/c1-19-18(22-11-7-14(8-12-22)17(24)25-2)20-9-6-15-13-23-10-4-3-5-16(23)21-15/h13-14H,3-12H2,1-2H3,(H,19,20). The van der Waals surface area contributed by atoms with Crippen molar-refractivity contribution in [3.63, 3.8) is 0 Å². The Labute approximate surface area is 149 Å². The highest BCUT2D eigenvalue weighted by Gasteiger charge is 2.26. The number of guanidine groups is 1. The lowest BCUT2D eigenvalue weighted by molar-refractivity contribution is -0.146. The third-order valence-electron chi connectivity index (χ3n) is 5.16. The summed E-state index contributed by atoms with van der Waals surface area (Å²) in [5.74, 6) is 2.07. The molecule has 0 amide bonds. The Balaban J connectivity index is 1.45. The monoisotopic (exact) mass is 347 g/mol. The summed E-state index contributed by atoms with van der Waals surface area (Å²) >= 11 is 0. The fraction of sp³-hybridized carbons (Fsp3) is 0.722. The molecule has 3 rings (SSSR count). The number of piperidine rings is 1. The van der Waals surface area contributed by atoms with Crippen molar-refractivity contribution >= 4 is 11.9 Å². The first kappa shape index (κ1) is 17.8. The lowest BCUT2D eigenvalue weighted by atomic mass is 9.97. The molecular formula is C18H29N5O2. The summed E-state index contributed by atoms with van der Waals surface area (Å²) in [6.07, 6.45) is 8.35. The molecule has 25 heavy (non-hydrogen) atoms. The Hall–Kier alpha value is -2.05. The summed E-state index contributed by atoms with van der Waals surface area (Å²) in [5, 5.41) is 3.44. The average Bonchev–Trinajstić information content (AvgIpc) is 3.07. The second kappa shape index (κ2) is 8.36. The van der Waals surface area contributed by atoms with E-state index in [2.05, 4.69) is 26.0 Å². The number of imidazole rings is 1. The van der Waals surface area contributed by atoms with Gasteiger partial charge in [-0.25, -0.2) is 4.98 Å². The maximum atomic E-state index is 11.6. The minimum atomic E-state index is -0.0913. The highest BCUT2D eigenvalue weighted by atomic mass is 16.5. The number of ether oxygens (including phenoxy) is 1. The zero-order valence-electron chi connectivity index (χ0n) is 15.3. The maximum absolute atomic E-state index is 11.6. The number of carbonyl (C=O) groups excluding carboxylic acids is 1. The highest BCUT2D eigenvalue weighted by Crippen LogP contribution is 2.18. The third kappa shape index (κ3) is 4.32. The van der Waals surface area contributed by atoms with Gasteiger partial charge < -0.3 is 19.5 Å². The number of hydrogen-bond acceptors (Lipinski definition) is 4. The second-order valence-electron chi connectivity index (χ2n) is 6.81. The van der Waals surface area contributed by atoms with Crippen molar-refractivity contribution in [2.45, 2.75) is 45.1 Å². The fourth-order valence-electron chi connectivity index (χ4n) is 3.72. The molecule has 2 aliphatic heterocycles. The van der Waals surface area contributed by atoms with Crippen molar-refractivity contribution in [2.24, 2.45) is 10.9 Å². The molecule has 1 aromatic rings. The van der Waals surface area contributed by atoms with Crippen molar-refractivity contribution in [1.29, 1.82) is 0 Å². The van der Waals surface area contributed by atoms with Gasteiger partial charge in [-0.05, 0) is 25.7 Å². The van der Waals surface area contributed by atoms with E-state index in [9.17, 15) is 4.79 Å². The summed E-state index contributed by atoms with van der Waals surface area (Å²) in [6.45, 7) is 3.59. The first-order valence-corrected chi connectivity index (χ1v) is 9.29. The van der Waals surface area contributed by atoms with Gasteiger partial charge in [0, 0.05) is 52.3 Å². The van der Waals surface area contributed by atoms with Crippen LogP contribution >= 0.6 is 0 Å². The molecule has 1 saturated heterocycles. The van der Waals surface area contributed by atoms with Crippen LogP contribution < -0.4 is 5.32 Å². The molecule has 0 aromatic carbocycles. The normalized spacial score (nSPS) is 18.8. The first-order chi connectivity index (χ1) is 12.2. The molecule has 0 spiro atoms. The number of aryl methyl sites for hydroxylation is 2. The van der Waals surface area contributed by atoms with Gasteiger partial charge in [0.15, 0.2) is 5.96 Å². The molecule has 7 heteroatoms. The largest absolute Gasteiger partial charge is 0.469 e. The zero-order chi connectivity index (χ0) is 17.6. The van der Waals surface area contributed by atoms with Crippen molar-refractivity contribution < 1.29 is 9.53 Å². The highest BCUT2D eigenvalue weighted by molar-refractivity contribution is 5.80. The topological polar surface area (TPSA) is 71.8 Å². The van der Waals surface area contributed by atoms with E-state index in [4.69, 9.17) is 9.72 Å². The number of aromatic nitrogens is 2. The van der Waals surface area contributed by atoms with Gasteiger partial charge in [0.05, 0.1) is 18.7 Å². The Bertz CT molecular complexity index is 593. The van der Waals surface area contributed by atoms with Crippen LogP contribution in [-0.2, 0) is 28.9 Å². The van der Waals surface area contributed by atoms with Gasteiger partial charge in [0.25, 0.3) is 0 Å². The zero-order valence-corrected chi connectivity index (χ0v) is 15.3. The number of carbonyl (C=O) groups is 1. The number of methoxy groups -OCH3 is 1. The molecule has 138 valence electrons. The first-order valence-electron chi connectivity index (χ1n) is 9.29. The average molecular weight is 347 g/mol. The summed E-state index contributed by atoms with van der Waals surface area (Å²) in [6, 6.07) is 0. The van der Waals surface area contributed by atoms with Crippen LogP contribution in [0.5, 0.6) is 0 Å². The molecule has 1 fully saturated rings. The van der Waals surface area contributed by atoms with Gasteiger partial charge in [-0.3, -0.25) is 9.79 Å². The molecule has 1 N–H and O–H groups in total. The Morgan fingerprint density at radius 3 is 2.84 bits per heavy atom. The number of nitrogens with zero attached hydrogens (tertiary/aromatic N) is 4. The number of likely N-dealkylation sites (tertiary alicyclic amines) is 1. The molecule has 0 aliphatic carbocycles. The molecule has 2 aliphatic rings. The van der Waals surface area contributed by atoms with E-state index in [1.165, 1.54) is 25.8 Å². The quantitative estimate of drug-likeness (QED) is 0.504. The number of rotatable bonds is 4. The lowest BCUT2D eigenvalue weighted by Crippen LogP contribution is -2.47. The number of hydrogen-bond donors (Lipinski definition) is 1. The summed E-state index contributed by atoms with van der Waals surface area (Å²) in [4.78, 5) is 23.0. The van der Waals surface area contributed by atoms with Gasteiger partial charge >= 0.3 is 5.97 Å². The number of esters is 1. The molecular weight excluding hydrogens is 318 g/mol. The minimum Gasteiger partial charge on any atom is -0.469 e. The third-order valence-corrected chi connectivity index (χ3v) is 5.16. The van der Waals surface area contributed by atoms with E-state index in [1.54, 1.807) is 0 Å². The fourth-order valence-corrected chi connectivity index (χ4v) is 3.72. The van der Waals surface area contributed by atoms with Crippen LogP contribution in [0.2, 0.25) is 0 Å². The van der Waals surface area contributed by atoms with Crippen molar-refractivity contribution in [1.82, 2.24) is 19.8 Å². The molecule has 0 unspecified atom stereocenters. The predicted octanol–water partition coefficient (Wildman–Crippen LogP) is 1.22. The Morgan fingerprint density at radius 2 is 2.16 bits per heavy atom. The molecule has 0 radical (unpaired) electrons. The molecule has 3 heterocycles. The molecule has 1 aromatic heterocycles. The number of fused-ring (bicyclic) bond motifs is 1. The van der Waals surface area contributed by atoms with Crippen molar-refractivity contribution in [3.05, 3.63) is 17.7 Å². The molecule has 0 atom stereocenters. The number of nitrogens with one attached hydrogen (secondary N) is 1. The van der Waals surface area contributed by atoms with Gasteiger partial charge in [-0.1, -0.05) is 0 Å². The maximum Gasteiger partial charge on any atom is 0.308 e. The number of aliphatic imine (C=N–C) groups is 1. The van der Waals surface area contributed by atoms with E-state index in [0.29, 0.717) is 0 Å². The summed E-state index contributed by atoms with van der Waals surface area (Å²) in [7, 11) is 3.27. The van der Waals surface area contributed by atoms with Crippen molar-refractivity contribution in [3.8, 4) is 0 Å². The van der Waals surface area contributed by atoms with E-state index in [0.717, 1.165) is 63.5 Å². The van der Waals surface area contributed by atoms with Crippen LogP contribution in [0, 0.1) is 5.92 Å². The van der Waals surface area contributed by atoms with Gasteiger partial charge in [-0.2, -0.15) is 0 Å².